The summed E-state index contributed by atoms with van der Waals surface area (Å²) in [5, 5.41) is 3.02. The average molecular weight is 335 g/mol. The van der Waals surface area contributed by atoms with Gasteiger partial charge in [-0.1, -0.05) is 48.5 Å². The number of nitrogens with one attached hydrogen (secondary N) is 1. The average Bonchev–Trinajstić information content (AvgIpc) is 2.67. The summed E-state index contributed by atoms with van der Waals surface area (Å²) in [6.07, 6.45) is 0. The van der Waals surface area contributed by atoms with E-state index in [9.17, 15) is 9.18 Å². The summed E-state index contributed by atoms with van der Waals surface area (Å²) in [7, 11) is 1.56. The Bertz CT molecular complexity index is 847. The van der Waals surface area contributed by atoms with Crippen molar-refractivity contribution in [1.29, 1.82) is 0 Å². The number of hydrogen-bond acceptors (Lipinski definition) is 2. The van der Waals surface area contributed by atoms with Crippen LogP contribution in [0.1, 0.15) is 27.5 Å². The molecule has 0 radical (unpaired) electrons. The molecule has 0 saturated carbocycles. The third-order valence-electron chi connectivity index (χ3n) is 3.94. The summed E-state index contributed by atoms with van der Waals surface area (Å²) in [5.74, 6) is 0.0810. The van der Waals surface area contributed by atoms with Crippen LogP contribution in [0, 0.1) is 5.82 Å². The van der Waals surface area contributed by atoms with Gasteiger partial charge in [0.05, 0.1) is 13.2 Å². The van der Waals surface area contributed by atoms with Gasteiger partial charge in [0.25, 0.3) is 5.91 Å². The van der Waals surface area contributed by atoms with Crippen molar-refractivity contribution in [2.45, 2.75) is 6.04 Å². The summed E-state index contributed by atoms with van der Waals surface area (Å²) < 4.78 is 18.4. The molecule has 0 heterocycles. The van der Waals surface area contributed by atoms with Gasteiger partial charge in [0.15, 0.2) is 0 Å². The van der Waals surface area contributed by atoms with Gasteiger partial charge in [0.2, 0.25) is 0 Å². The lowest BCUT2D eigenvalue weighted by Crippen LogP contribution is -2.29. The van der Waals surface area contributed by atoms with Gasteiger partial charge in [-0.05, 0) is 41.5 Å². The zero-order chi connectivity index (χ0) is 17.6. The van der Waals surface area contributed by atoms with Crippen molar-refractivity contribution in [3.8, 4) is 5.75 Å². The highest BCUT2D eigenvalue weighted by atomic mass is 19.1. The summed E-state index contributed by atoms with van der Waals surface area (Å²) in [4.78, 5) is 12.7. The van der Waals surface area contributed by atoms with Crippen LogP contribution in [0.2, 0.25) is 0 Å². The van der Waals surface area contributed by atoms with E-state index in [2.05, 4.69) is 5.32 Å². The first-order valence-electron chi connectivity index (χ1n) is 7.92. The van der Waals surface area contributed by atoms with Crippen LogP contribution in [0.4, 0.5) is 4.39 Å². The number of halogens is 1. The van der Waals surface area contributed by atoms with E-state index in [1.165, 1.54) is 12.1 Å². The molecule has 0 bridgehead atoms. The quantitative estimate of drug-likeness (QED) is 0.752. The molecule has 1 amide bonds. The Morgan fingerprint density at radius 2 is 1.60 bits per heavy atom. The minimum Gasteiger partial charge on any atom is -0.497 e. The first kappa shape index (κ1) is 16.7. The van der Waals surface area contributed by atoms with Crippen LogP contribution in [0.5, 0.6) is 5.75 Å². The van der Waals surface area contributed by atoms with Crippen LogP contribution in [0.25, 0.3) is 0 Å². The highest BCUT2D eigenvalue weighted by Gasteiger charge is 2.18. The van der Waals surface area contributed by atoms with Crippen molar-refractivity contribution in [1.82, 2.24) is 5.32 Å². The molecule has 3 aromatic carbocycles. The van der Waals surface area contributed by atoms with Gasteiger partial charge < -0.3 is 10.1 Å². The van der Waals surface area contributed by atoms with Crippen molar-refractivity contribution >= 4 is 5.91 Å². The van der Waals surface area contributed by atoms with Gasteiger partial charge in [0.1, 0.15) is 11.6 Å². The Morgan fingerprint density at radius 3 is 2.28 bits per heavy atom. The van der Waals surface area contributed by atoms with E-state index in [4.69, 9.17) is 4.74 Å². The van der Waals surface area contributed by atoms with Gasteiger partial charge >= 0.3 is 0 Å². The zero-order valence-electron chi connectivity index (χ0n) is 13.8. The largest absolute Gasteiger partial charge is 0.497 e. The number of carbonyl (C=O) groups is 1. The molecule has 4 heteroatoms. The maximum absolute atomic E-state index is 13.3. The molecule has 3 aromatic rings. The number of methoxy groups -OCH3 is 1. The monoisotopic (exact) mass is 335 g/mol. The fourth-order valence-electron chi connectivity index (χ4n) is 2.64. The second-order valence-corrected chi connectivity index (χ2v) is 5.60. The minimum absolute atomic E-state index is 0.225. The molecule has 3 rings (SSSR count). The number of carbonyl (C=O) groups excluding carboxylic acids is 1. The molecule has 0 aliphatic heterocycles. The first-order chi connectivity index (χ1) is 12.2. The molecule has 0 saturated heterocycles. The molecular weight excluding hydrogens is 317 g/mol. The van der Waals surface area contributed by atoms with E-state index in [-0.39, 0.29) is 17.8 Å². The van der Waals surface area contributed by atoms with Crippen LogP contribution in [-0.2, 0) is 0 Å². The zero-order valence-corrected chi connectivity index (χ0v) is 13.8. The van der Waals surface area contributed by atoms with Crippen LogP contribution < -0.4 is 10.1 Å². The van der Waals surface area contributed by atoms with E-state index < -0.39 is 0 Å². The first-order valence-corrected chi connectivity index (χ1v) is 7.92. The van der Waals surface area contributed by atoms with Crippen LogP contribution in [-0.4, -0.2) is 13.0 Å². The van der Waals surface area contributed by atoms with Gasteiger partial charge in [-0.2, -0.15) is 0 Å². The van der Waals surface area contributed by atoms with Crippen molar-refractivity contribution < 1.29 is 13.9 Å². The summed E-state index contributed by atoms with van der Waals surface area (Å²) in [6, 6.07) is 22.3. The molecule has 0 aliphatic rings. The topological polar surface area (TPSA) is 38.3 Å². The van der Waals surface area contributed by atoms with E-state index in [0.717, 1.165) is 11.1 Å². The van der Waals surface area contributed by atoms with E-state index in [0.29, 0.717) is 11.3 Å². The molecule has 25 heavy (non-hydrogen) atoms. The van der Waals surface area contributed by atoms with E-state index >= 15 is 0 Å². The van der Waals surface area contributed by atoms with Gasteiger partial charge in [0, 0.05) is 5.56 Å². The molecule has 3 nitrogen and oxygen atoms in total. The van der Waals surface area contributed by atoms with Gasteiger partial charge in [-0.25, -0.2) is 4.39 Å². The second kappa shape index (κ2) is 7.62. The molecule has 0 aromatic heterocycles. The maximum atomic E-state index is 13.3. The molecule has 0 fully saturated rings. The van der Waals surface area contributed by atoms with E-state index in [1.54, 1.807) is 43.5 Å². The molecule has 1 N–H and O–H groups in total. The normalized spacial score (nSPS) is 11.6. The van der Waals surface area contributed by atoms with E-state index in [1.807, 2.05) is 30.3 Å². The van der Waals surface area contributed by atoms with Gasteiger partial charge in [-0.15, -0.1) is 0 Å². The Labute approximate surface area is 146 Å². The predicted molar refractivity (Wildman–Crippen MR) is 95.1 cm³/mol. The number of benzene rings is 3. The lowest BCUT2D eigenvalue weighted by Gasteiger charge is -2.20. The Balaban J connectivity index is 1.92. The Hall–Kier alpha value is -3.14. The third kappa shape index (κ3) is 4.04. The van der Waals surface area contributed by atoms with Crippen LogP contribution >= 0.6 is 0 Å². The predicted octanol–water partition coefficient (Wildman–Crippen LogP) is 4.35. The molecule has 126 valence electrons. The standard InChI is InChI=1S/C21H18FNO2/c1-25-19-9-5-8-17(14-19)21(24)23-20(15-6-3-2-4-7-15)16-10-12-18(22)13-11-16/h2-14,20H,1H3,(H,23,24). The van der Waals surface area contributed by atoms with Crippen LogP contribution in [0.15, 0.2) is 78.9 Å². The van der Waals surface area contributed by atoms with Crippen molar-refractivity contribution in [2.75, 3.05) is 7.11 Å². The summed E-state index contributed by atoms with van der Waals surface area (Å²) in [6.45, 7) is 0. The highest BCUT2D eigenvalue weighted by Crippen LogP contribution is 2.23. The minimum atomic E-state index is -0.375. The summed E-state index contributed by atoms with van der Waals surface area (Å²) >= 11 is 0. The molecule has 1 atom stereocenters. The Kier molecular flexibility index (Phi) is 5.09. The third-order valence-corrected chi connectivity index (χ3v) is 3.94. The van der Waals surface area contributed by atoms with Crippen molar-refractivity contribution in [3.63, 3.8) is 0 Å². The maximum Gasteiger partial charge on any atom is 0.252 e. The number of rotatable bonds is 5. The summed E-state index contributed by atoms with van der Waals surface area (Å²) in [5.41, 5.74) is 2.23. The lowest BCUT2D eigenvalue weighted by molar-refractivity contribution is 0.0942. The smallest absolute Gasteiger partial charge is 0.252 e. The number of ether oxygens (including phenoxy) is 1. The molecule has 1 unspecified atom stereocenters. The number of hydrogen-bond donors (Lipinski definition) is 1. The molecule has 0 spiro atoms. The van der Waals surface area contributed by atoms with Crippen molar-refractivity contribution in [2.24, 2.45) is 0 Å². The number of amides is 1. The molecular formula is C21H18FNO2. The Morgan fingerprint density at radius 1 is 0.920 bits per heavy atom. The highest BCUT2D eigenvalue weighted by molar-refractivity contribution is 5.95. The molecule has 0 aliphatic carbocycles. The van der Waals surface area contributed by atoms with Crippen molar-refractivity contribution in [3.05, 3.63) is 101 Å². The van der Waals surface area contributed by atoms with Gasteiger partial charge in [-0.3, -0.25) is 4.79 Å². The lowest BCUT2D eigenvalue weighted by atomic mass is 9.98. The van der Waals surface area contributed by atoms with Crippen LogP contribution in [0.3, 0.4) is 0 Å². The fraction of sp³-hybridized carbons (Fsp3) is 0.0952. The second-order valence-electron chi connectivity index (χ2n) is 5.60. The SMILES string of the molecule is COc1cccc(C(=O)NC(c2ccccc2)c2ccc(F)cc2)c1. The fourth-order valence-corrected chi connectivity index (χ4v) is 2.64.